The van der Waals surface area contributed by atoms with Gasteiger partial charge in [-0.1, -0.05) is 24.3 Å². The zero-order chi connectivity index (χ0) is 15.9. The van der Waals surface area contributed by atoms with Crippen molar-refractivity contribution >= 4 is 21.8 Å². The lowest BCUT2D eigenvalue weighted by Gasteiger charge is -2.32. The molecule has 0 N–H and O–H groups in total. The molecule has 0 fully saturated rings. The third kappa shape index (κ3) is 2.31. The lowest BCUT2D eigenvalue weighted by molar-refractivity contribution is 0.0595. The van der Waals surface area contributed by atoms with Gasteiger partial charge in [0.1, 0.15) is 5.75 Å². The van der Waals surface area contributed by atoms with Crippen LogP contribution in [0.5, 0.6) is 5.75 Å². The summed E-state index contributed by atoms with van der Waals surface area (Å²) >= 11 is 3.51. The second kappa shape index (κ2) is 5.43. The van der Waals surface area contributed by atoms with Gasteiger partial charge in [-0.25, -0.2) is 0 Å². The van der Waals surface area contributed by atoms with Crippen molar-refractivity contribution < 1.29 is 9.53 Å². The van der Waals surface area contributed by atoms with Gasteiger partial charge in [0.05, 0.1) is 18.2 Å². The molecule has 0 atom stereocenters. The van der Waals surface area contributed by atoms with Crippen molar-refractivity contribution in [2.45, 2.75) is 25.9 Å². The van der Waals surface area contributed by atoms with Gasteiger partial charge in [0, 0.05) is 11.0 Å². The number of fused-ring (bicyclic) bond motifs is 1. The monoisotopic (exact) mass is 359 g/mol. The summed E-state index contributed by atoms with van der Waals surface area (Å²) in [7, 11) is 1.65. The minimum absolute atomic E-state index is 0.0725. The molecular weight excluding hydrogens is 342 g/mol. The van der Waals surface area contributed by atoms with Gasteiger partial charge in [-0.15, -0.1) is 0 Å². The summed E-state index contributed by atoms with van der Waals surface area (Å²) in [6.45, 7) is 4.76. The molecule has 1 aliphatic rings. The fraction of sp³-hybridized carbons (Fsp3) is 0.278. The summed E-state index contributed by atoms with van der Waals surface area (Å²) in [6, 6.07) is 13.8. The van der Waals surface area contributed by atoms with Crippen LogP contribution in [0, 0.1) is 0 Å². The Hall–Kier alpha value is -1.81. The smallest absolute Gasteiger partial charge is 0.256 e. The Labute approximate surface area is 139 Å². The van der Waals surface area contributed by atoms with Crippen molar-refractivity contribution in [2.75, 3.05) is 7.11 Å². The Morgan fingerprint density at radius 2 is 1.82 bits per heavy atom. The topological polar surface area (TPSA) is 29.5 Å². The van der Waals surface area contributed by atoms with Gasteiger partial charge in [0.2, 0.25) is 0 Å². The lowest BCUT2D eigenvalue weighted by atomic mass is 9.93. The van der Waals surface area contributed by atoms with Crippen LogP contribution < -0.4 is 4.74 Å². The summed E-state index contributed by atoms with van der Waals surface area (Å²) in [5.41, 5.74) is 2.61. The molecule has 0 saturated heterocycles. The minimum atomic E-state index is -0.323. The molecule has 0 aromatic heterocycles. The van der Waals surface area contributed by atoms with E-state index in [-0.39, 0.29) is 11.4 Å². The van der Waals surface area contributed by atoms with Crippen LogP contribution in [0.25, 0.3) is 0 Å². The Balaban J connectivity index is 1.95. The van der Waals surface area contributed by atoms with E-state index in [2.05, 4.69) is 29.8 Å². The molecular formula is C18H18BrNO2. The molecule has 0 bridgehead atoms. The maximum atomic E-state index is 12.8. The SMILES string of the molecule is COc1ccc(CN2C(=O)c3c(Br)cccc3C2(C)C)cc1. The van der Waals surface area contributed by atoms with Crippen LogP contribution in [-0.4, -0.2) is 17.9 Å². The molecule has 0 aliphatic carbocycles. The van der Waals surface area contributed by atoms with E-state index < -0.39 is 0 Å². The fourth-order valence-electron chi connectivity index (χ4n) is 2.97. The minimum Gasteiger partial charge on any atom is -0.497 e. The van der Waals surface area contributed by atoms with Gasteiger partial charge in [0.25, 0.3) is 5.91 Å². The standard InChI is InChI=1S/C18H18BrNO2/c1-18(2)14-5-4-6-15(19)16(14)17(21)20(18)11-12-7-9-13(22-3)10-8-12/h4-10H,11H2,1-3H3. The van der Waals surface area contributed by atoms with Gasteiger partial charge >= 0.3 is 0 Å². The Morgan fingerprint density at radius 1 is 1.14 bits per heavy atom. The van der Waals surface area contributed by atoms with E-state index in [9.17, 15) is 4.79 Å². The number of methoxy groups -OCH3 is 1. The van der Waals surface area contributed by atoms with Crippen LogP contribution in [0.4, 0.5) is 0 Å². The molecule has 22 heavy (non-hydrogen) atoms. The fourth-order valence-corrected chi connectivity index (χ4v) is 3.50. The number of hydrogen-bond donors (Lipinski definition) is 0. The molecule has 3 rings (SSSR count). The highest BCUT2D eigenvalue weighted by molar-refractivity contribution is 9.10. The summed E-state index contributed by atoms with van der Waals surface area (Å²) in [4.78, 5) is 14.8. The predicted octanol–water partition coefficient (Wildman–Crippen LogP) is 4.35. The second-order valence-electron chi connectivity index (χ2n) is 5.96. The molecule has 1 heterocycles. The number of carbonyl (C=O) groups excluding carboxylic acids is 1. The van der Waals surface area contributed by atoms with Gasteiger partial charge in [-0.2, -0.15) is 0 Å². The lowest BCUT2D eigenvalue weighted by Crippen LogP contribution is -2.38. The van der Waals surface area contributed by atoms with Crippen molar-refractivity contribution in [1.82, 2.24) is 4.90 Å². The molecule has 0 saturated carbocycles. The van der Waals surface area contributed by atoms with Crippen LogP contribution in [0.3, 0.4) is 0 Å². The summed E-state index contributed by atoms with van der Waals surface area (Å²) < 4.78 is 6.04. The number of rotatable bonds is 3. The number of hydrogen-bond acceptors (Lipinski definition) is 2. The maximum absolute atomic E-state index is 12.8. The molecule has 0 spiro atoms. The van der Waals surface area contributed by atoms with Crippen LogP contribution in [0.2, 0.25) is 0 Å². The highest BCUT2D eigenvalue weighted by atomic mass is 79.9. The maximum Gasteiger partial charge on any atom is 0.256 e. The van der Waals surface area contributed by atoms with Crippen LogP contribution in [0.15, 0.2) is 46.9 Å². The number of carbonyl (C=O) groups is 1. The quantitative estimate of drug-likeness (QED) is 0.815. The number of ether oxygens (including phenoxy) is 1. The van der Waals surface area contributed by atoms with E-state index >= 15 is 0 Å². The van der Waals surface area contributed by atoms with E-state index in [0.29, 0.717) is 6.54 Å². The van der Waals surface area contributed by atoms with Crippen molar-refractivity contribution in [3.05, 3.63) is 63.6 Å². The van der Waals surface area contributed by atoms with Crippen molar-refractivity contribution in [1.29, 1.82) is 0 Å². The molecule has 1 amide bonds. The Bertz CT molecular complexity index is 722. The first kappa shape index (κ1) is 15.1. The predicted molar refractivity (Wildman–Crippen MR) is 90.0 cm³/mol. The van der Waals surface area contributed by atoms with E-state index in [4.69, 9.17) is 4.74 Å². The van der Waals surface area contributed by atoms with E-state index in [1.54, 1.807) is 7.11 Å². The average molecular weight is 360 g/mol. The van der Waals surface area contributed by atoms with Gasteiger partial charge < -0.3 is 9.64 Å². The van der Waals surface area contributed by atoms with Gasteiger partial charge in [-0.3, -0.25) is 4.79 Å². The summed E-state index contributed by atoms with van der Waals surface area (Å²) in [5, 5.41) is 0. The van der Waals surface area contributed by atoms with Crippen molar-refractivity contribution in [3.8, 4) is 5.75 Å². The first-order chi connectivity index (χ1) is 10.4. The molecule has 2 aromatic carbocycles. The summed E-state index contributed by atoms with van der Waals surface area (Å²) in [6.07, 6.45) is 0. The average Bonchev–Trinajstić information content (AvgIpc) is 2.70. The number of nitrogens with zero attached hydrogens (tertiary/aromatic N) is 1. The number of halogens is 1. The largest absolute Gasteiger partial charge is 0.497 e. The van der Waals surface area contributed by atoms with E-state index in [1.165, 1.54) is 0 Å². The van der Waals surface area contributed by atoms with Crippen LogP contribution in [-0.2, 0) is 12.1 Å². The van der Waals surface area contributed by atoms with E-state index in [0.717, 1.165) is 26.9 Å². The third-order valence-corrected chi connectivity index (χ3v) is 4.97. The molecule has 2 aromatic rings. The van der Waals surface area contributed by atoms with Gasteiger partial charge in [0.15, 0.2) is 0 Å². The third-order valence-electron chi connectivity index (χ3n) is 4.31. The van der Waals surface area contributed by atoms with E-state index in [1.807, 2.05) is 47.4 Å². The zero-order valence-electron chi connectivity index (χ0n) is 12.9. The molecule has 0 radical (unpaired) electrons. The Kier molecular flexibility index (Phi) is 3.73. The molecule has 114 valence electrons. The molecule has 3 nitrogen and oxygen atoms in total. The first-order valence-corrected chi connectivity index (χ1v) is 7.98. The Morgan fingerprint density at radius 3 is 2.41 bits per heavy atom. The van der Waals surface area contributed by atoms with Crippen molar-refractivity contribution in [2.24, 2.45) is 0 Å². The molecule has 0 unspecified atom stereocenters. The highest BCUT2D eigenvalue weighted by Gasteiger charge is 2.43. The molecule has 1 aliphatic heterocycles. The second-order valence-corrected chi connectivity index (χ2v) is 6.82. The normalized spacial score (nSPS) is 15.8. The number of benzene rings is 2. The molecule has 4 heteroatoms. The number of amides is 1. The summed E-state index contributed by atoms with van der Waals surface area (Å²) in [5.74, 6) is 0.894. The van der Waals surface area contributed by atoms with Crippen LogP contribution in [0.1, 0.15) is 35.3 Å². The van der Waals surface area contributed by atoms with Crippen molar-refractivity contribution in [3.63, 3.8) is 0 Å². The highest BCUT2D eigenvalue weighted by Crippen LogP contribution is 2.42. The first-order valence-electron chi connectivity index (χ1n) is 7.19. The van der Waals surface area contributed by atoms with Crippen LogP contribution >= 0.6 is 15.9 Å². The van der Waals surface area contributed by atoms with Gasteiger partial charge in [-0.05, 0) is 59.1 Å². The zero-order valence-corrected chi connectivity index (χ0v) is 14.5.